The molecule has 0 unspecified atom stereocenters. The highest BCUT2D eigenvalue weighted by Crippen LogP contribution is 2.18. The van der Waals surface area contributed by atoms with Gasteiger partial charge in [-0.1, -0.05) is 42.5 Å². The smallest absolute Gasteiger partial charge is 0.255 e. The Kier molecular flexibility index (Phi) is 5.67. The van der Waals surface area contributed by atoms with Crippen molar-refractivity contribution in [1.82, 2.24) is 9.55 Å². The van der Waals surface area contributed by atoms with Crippen molar-refractivity contribution in [3.8, 4) is 5.75 Å². The van der Waals surface area contributed by atoms with Gasteiger partial charge in [-0.2, -0.15) is 0 Å². The number of hydrogen-bond donors (Lipinski definition) is 1. The summed E-state index contributed by atoms with van der Waals surface area (Å²) in [4.78, 5) is 16.5. The third kappa shape index (κ3) is 5.11. The van der Waals surface area contributed by atoms with Gasteiger partial charge in [0.1, 0.15) is 12.4 Å². The lowest BCUT2D eigenvalue weighted by atomic mass is 10.1. The zero-order valence-corrected chi connectivity index (χ0v) is 15.9. The van der Waals surface area contributed by atoms with Crippen LogP contribution in [0.4, 0.5) is 5.69 Å². The van der Waals surface area contributed by atoms with E-state index in [2.05, 4.69) is 10.3 Å². The molecule has 5 heteroatoms. The van der Waals surface area contributed by atoms with Gasteiger partial charge < -0.3 is 14.6 Å². The highest BCUT2D eigenvalue weighted by molar-refractivity contribution is 6.04. The first kappa shape index (κ1) is 18.5. The molecule has 5 nitrogen and oxygen atoms in total. The van der Waals surface area contributed by atoms with Gasteiger partial charge >= 0.3 is 0 Å². The van der Waals surface area contributed by atoms with Crippen molar-refractivity contribution in [3.63, 3.8) is 0 Å². The summed E-state index contributed by atoms with van der Waals surface area (Å²) in [5.74, 6) is 0.618. The summed E-state index contributed by atoms with van der Waals surface area (Å²) in [7, 11) is 0. The Morgan fingerprint density at radius 2 is 1.66 bits per heavy atom. The first-order valence-corrected chi connectivity index (χ1v) is 9.39. The third-order valence-electron chi connectivity index (χ3n) is 4.50. The van der Waals surface area contributed by atoms with Crippen molar-refractivity contribution >= 4 is 11.6 Å². The Hall–Kier alpha value is -3.86. The van der Waals surface area contributed by atoms with Gasteiger partial charge in [0.05, 0.1) is 6.33 Å². The number of carbonyl (C=O) groups excluding carboxylic acids is 1. The number of hydrogen-bond acceptors (Lipinski definition) is 3. The summed E-state index contributed by atoms with van der Waals surface area (Å²) in [5.41, 5.74) is 3.56. The van der Waals surface area contributed by atoms with E-state index in [0.29, 0.717) is 12.2 Å². The molecule has 1 aromatic heterocycles. The highest BCUT2D eigenvalue weighted by atomic mass is 16.5. The van der Waals surface area contributed by atoms with Crippen LogP contribution in [-0.4, -0.2) is 15.5 Å². The van der Waals surface area contributed by atoms with E-state index in [1.165, 1.54) is 0 Å². The van der Waals surface area contributed by atoms with E-state index in [0.717, 1.165) is 29.1 Å². The Labute approximate surface area is 169 Å². The van der Waals surface area contributed by atoms with Gasteiger partial charge in [0.25, 0.3) is 5.91 Å². The molecular formula is C24H21N3O2. The second-order valence-corrected chi connectivity index (χ2v) is 6.68. The fraction of sp³-hybridized carbons (Fsp3) is 0.0833. The molecule has 0 aliphatic rings. The lowest BCUT2D eigenvalue weighted by Gasteiger charge is -2.09. The fourth-order valence-electron chi connectivity index (χ4n) is 2.93. The molecule has 1 heterocycles. The molecule has 1 N–H and O–H groups in total. The molecule has 3 aromatic carbocycles. The number of anilines is 1. The van der Waals surface area contributed by atoms with E-state index in [-0.39, 0.29) is 5.91 Å². The van der Waals surface area contributed by atoms with Crippen LogP contribution in [0.5, 0.6) is 5.75 Å². The molecule has 29 heavy (non-hydrogen) atoms. The minimum atomic E-state index is -0.142. The van der Waals surface area contributed by atoms with Gasteiger partial charge in [-0.15, -0.1) is 0 Å². The van der Waals surface area contributed by atoms with Crippen LogP contribution >= 0.6 is 0 Å². The van der Waals surface area contributed by atoms with Crippen LogP contribution in [-0.2, 0) is 13.2 Å². The van der Waals surface area contributed by atoms with Crippen LogP contribution in [0.2, 0.25) is 0 Å². The number of nitrogens with zero attached hydrogens (tertiary/aromatic N) is 2. The van der Waals surface area contributed by atoms with Gasteiger partial charge in [0.15, 0.2) is 0 Å². The van der Waals surface area contributed by atoms with Gasteiger partial charge in [-0.05, 0) is 47.5 Å². The number of ether oxygens (including phenoxy) is 1. The summed E-state index contributed by atoms with van der Waals surface area (Å²) in [6.45, 7) is 1.24. The molecule has 0 aliphatic heterocycles. The number of rotatable bonds is 7. The molecule has 0 saturated heterocycles. The quantitative estimate of drug-likeness (QED) is 0.500. The number of amides is 1. The van der Waals surface area contributed by atoms with Crippen LogP contribution in [0.1, 0.15) is 21.5 Å². The highest BCUT2D eigenvalue weighted by Gasteiger charge is 2.07. The maximum atomic E-state index is 12.5. The van der Waals surface area contributed by atoms with Crippen LogP contribution < -0.4 is 10.1 Å². The van der Waals surface area contributed by atoms with E-state index in [9.17, 15) is 4.79 Å². The molecule has 0 atom stereocenters. The SMILES string of the molecule is O=C(Nc1ccc(OCc2ccccc2)cc1)c1ccc(Cn2ccnc2)cc1. The first-order valence-electron chi connectivity index (χ1n) is 9.39. The summed E-state index contributed by atoms with van der Waals surface area (Å²) < 4.78 is 7.76. The number of nitrogens with one attached hydrogen (secondary N) is 1. The number of carbonyl (C=O) groups is 1. The van der Waals surface area contributed by atoms with Gasteiger partial charge in [0.2, 0.25) is 0 Å². The van der Waals surface area contributed by atoms with Crippen molar-refractivity contribution in [1.29, 1.82) is 0 Å². The van der Waals surface area contributed by atoms with Crippen molar-refractivity contribution in [2.45, 2.75) is 13.2 Å². The molecule has 0 radical (unpaired) electrons. The maximum Gasteiger partial charge on any atom is 0.255 e. The normalized spacial score (nSPS) is 10.5. The molecule has 0 bridgehead atoms. The maximum absolute atomic E-state index is 12.5. The largest absolute Gasteiger partial charge is 0.489 e. The van der Waals surface area contributed by atoms with E-state index in [4.69, 9.17) is 4.74 Å². The third-order valence-corrected chi connectivity index (χ3v) is 4.50. The topological polar surface area (TPSA) is 56.1 Å². The molecular weight excluding hydrogens is 362 g/mol. The van der Waals surface area contributed by atoms with Crippen molar-refractivity contribution in [3.05, 3.63) is 114 Å². The molecule has 1 amide bonds. The molecule has 4 rings (SSSR count). The van der Waals surface area contributed by atoms with E-state index < -0.39 is 0 Å². The zero-order valence-electron chi connectivity index (χ0n) is 15.9. The number of imidazole rings is 1. The van der Waals surface area contributed by atoms with Crippen molar-refractivity contribution in [2.24, 2.45) is 0 Å². The van der Waals surface area contributed by atoms with Crippen LogP contribution in [0.25, 0.3) is 0 Å². The summed E-state index contributed by atoms with van der Waals surface area (Å²) in [6, 6.07) is 25.0. The Morgan fingerprint density at radius 3 is 2.34 bits per heavy atom. The molecule has 0 spiro atoms. The lowest BCUT2D eigenvalue weighted by Crippen LogP contribution is -2.12. The molecule has 0 fully saturated rings. The summed E-state index contributed by atoms with van der Waals surface area (Å²) in [6.07, 6.45) is 5.43. The van der Waals surface area contributed by atoms with Gasteiger partial charge in [0, 0.05) is 30.2 Å². The van der Waals surface area contributed by atoms with Crippen molar-refractivity contribution < 1.29 is 9.53 Å². The van der Waals surface area contributed by atoms with E-state index in [1.54, 1.807) is 12.5 Å². The van der Waals surface area contributed by atoms with E-state index in [1.807, 2.05) is 89.6 Å². The average Bonchev–Trinajstić information content (AvgIpc) is 3.27. The predicted octanol–water partition coefficient (Wildman–Crippen LogP) is 4.76. The minimum Gasteiger partial charge on any atom is -0.489 e. The fourth-order valence-corrected chi connectivity index (χ4v) is 2.93. The Bertz CT molecular complexity index is 1040. The second kappa shape index (κ2) is 8.89. The van der Waals surface area contributed by atoms with E-state index >= 15 is 0 Å². The standard InChI is InChI=1S/C24H21N3O2/c28-24(21-8-6-19(7-9-21)16-27-15-14-25-18-27)26-22-10-12-23(13-11-22)29-17-20-4-2-1-3-5-20/h1-15,18H,16-17H2,(H,26,28). The number of benzene rings is 3. The first-order chi connectivity index (χ1) is 14.3. The second-order valence-electron chi connectivity index (χ2n) is 6.68. The lowest BCUT2D eigenvalue weighted by molar-refractivity contribution is 0.102. The van der Waals surface area contributed by atoms with Gasteiger partial charge in [-0.25, -0.2) is 4.98 Å². The van der Waals surface area contributed by atoms with Crippen molar-refractivity contribution in [2.75, 3.05) is 5.32 Å². The van der Waals surface area contributed by atoms with Crippen LogP contribution in [0.15, 0.2) is 97.6 Å². The molecule has 4 aromatic rings. The Balaban J connectivity index is 1.32. The summed E-state index contributed by atoms with van der Waals surface area (Å²) in [5, 5.41) is 2.91. The molecule has 0 aliphatic carbocycles. The Morgan fingerprint density at radius 1 is 0.897 bits per heavy atom. The van der Waals surface area contributed by atoms with Gasteiger partial charge in [-0.3, -0.25) is 4.79 Å². The summed E-state index contributed by atoms with van der Waals surface area (Å²) >= 11 is 0. The zero-order chi connectivity index (χ0) is 19.9. The average molecular weight is 383 g/mol. The molecule has 144 valence electrons. The predicted molar refractivity (Wildman–Crippen MR) is 113 cm³/mol. The monoisotopic (exact) mass is 383 g/mol. The minimum absolute atomic E-state index is 0.142. The molecule has 0 saturated carbocycles. The van der Waals surface area contributed by atoms with Crippen LogP contribution in [0, 0.1) is 0 Å². The van der Waals surface area contributed by atoms with Crippen LogP contribution in [0.3, 0.4) is 0 Å². The number of aromatic nitrogens is 2.